The Hall–Kier alpha value is 0.280. The van der Waals surface area contributed by atoms with Gasteiger partial charge in [0.2, 0.25) is 5.91 Å². The van der Waals surface area contributed by atoms with E-state index in [0.717, 1.165) is 56.9 Å². The van der Waals surface area contributed by atoms with Crippen LogP contribution in [0.15, 0.2) is 0 Å². The minimum absolute atomic E-state index is 0. The lowest BCUT2D eigenvalue weighted by atomic mass is 9.99. The molecule has 3 saturated heterocycles. The molecule has 22 heavy (non-hydrogen) atoms. The maximum absolute atomic E-state index is 12.3. The zero-order valence-electron chi connectivity index (χ0n) is 12.9. The van der Waals surface area contributed by atoms with Gasteiger partial charge in [-0.2, -0.15) is 0 Å². The smallest absolute Gasteiger partial charge is 0.240 e. The molecule has 0 bridgehead atoms. The van der Waals surface area contributed by atoms with Gasteiger partial charge < -0.3 is 9.64 Å². The first-order chi connectivity index (χ1) is 9.83. The number of nitrogens with zero attached hydrogens (tertiary/aromatic N) is 2. The van der Waals surface area contributed by atoms with Crippen LogP contribution in [0, 0.1) is 5.92 Å². The van der Waals surface area contributed by atoms with Gasteiger partial charge in [0.1, 0.15) is 0 Å². The van der Waals surface area contributed by atoms with Crippen LogP contribution in [0.5, 0.6) is 0 Å². The summed E-state index contributed by atoms with van der Waals surface area (Å²) in [6, 6.07) is 0.0574. The Kier molecular flexibility index (Phi) is 9.43. The summed E-state index contributed by atoms with van der Waals surface area (Å²) in [4.78, 5) is 16.9. The molecule has 1 N–H and O–H groups in total. The maximum atomic E-state index is 12.3. The van der Waals surface area contributed by atoms with E-state index in [2.05, 4.69) is 10.2 Å². The van der Waals surface area contributed by atoms with Crippen molar-refractivity contribution in [2.75, 3.05) is 57.6 Å². The average Bonchev–Trinajstić information content (AvgIpc) is 3.03. The second kappa shape index (κ2) is 10.2. The predicted octanol–water partition coefficient (Wildman–Crippen LogP) is 1.06. The first-order valence-corrected chi connectivity index (χ1v) is 8.88. The van der Waals surface area contributed by atoms with E-state index in [1.165, 1.54) is 19.4 Å². The molecule has 0 aromatic carbocycles. The Labute approximate surface area is 149 Å². The van der Waals surface area contributed by atoms with Gasteiger partial charge in [-0.25, -0.2) is 0 Å². The molecule has 8 heteroatoms. The maximum Gasteiger partial charge on any atom is 0.240 e. The molecule has 3 fully saturated rings. The number of hydrogen-bond acceptors (Lipinski definition) is 5. The van der Waals surface area contributed by atoms with Gasteiger partial charge in [-0.15, -0.1) is 36.6 Å². The molecule has 0 aromatic rings. The number of carbonyl (C=O) groups is 1. The van der Waals surface area contributed by atoms with Crippen LogP contribution in [-0.4, -0.2) is 79.3 Å². The van der Waals surface area contributed by atoms with Gasteiger partial charge in [-0.05, 0) is 18.8 Å². The third kappa shape index (κ3) is 5.42. The standard InChI is InChI=1S/C14H25N3O2S.2ClH/c18-14(13-10-20-11-15-13)17-5-3-16(4-6-17)9-12-1-7-19-8-2-12;;/h12-13,15H,1-11H2;2*1H. The van der Waals surface area contributed by atoms with E-state index in [9.17, 15) is 4.79 Å². The average molecular weight is 372 g/mol. The van der Waals surface area contributed by atoms with Crippen LogP contribution in [0.25, 0.3) is 0 Å². The molecular weight excluding hydrogens is 345 g/mol. The molecule has 1 unspecified atom stereocenters. The van der Waals surface area contributed by atoms with Gasteiger partial charge in [0, 0.05) is 57.6 Å². The summed E-state index contributed by atoms with van der Waals surface area (Å²) in [5.41, 5.74) is 0. The van der Waals surface area contributed by atoms with E-state index in [1.807, 2.05) is 16.7 Å². The van der Waals surface area contributed by atoms with Gasteiger partial charge in [0.15, 0.2) is 0 Å². The molecule has 1 atom stereocenters. The number of halogens is 2. The number of ether oxygens (including phenoxy) is 1. The van der Waals surface area contributed by atoms with Crippen molar-refractivity contribution >= 4 is 42.5 Å². The van der Waals surface area contributed by atoms with Crippen molar-refractivity contribution in [3.63, 3.8) is 0 Å². The van der Waals surface area contributed by atoms with Crippen LogP contribution in [0.3, 0.4) is 0 Å². The van der Waals surface area contributed by atoms with E-state index in [1.54, 1.807) is 0 Å². The number of hydrogen-bond donors (Lipinski definition) is 1. The zero-order valence-corrected chi connectivity index (χ0v) is 15.3. The van der Waals surface area contributed by atoms with Crippen molar-refractivity contribution in [2.45, 2.75) is 18.9 Å². The lowest BCUT2D eigenvalue weighted by molar-refractivity contribution is -0.134. The van der Waals surface area contributed by atoms with Gasteiger partial charge in [0.05, 0.1) is 6.04 Å². The number of thioether (sulfide) groups is 1. The van der Waals surface area contributed by atoms with Crippen molar-refractivity contribution in [1.82, 2.24) is 15.1 Å². The van der Waals surface area contributed by atoms with Gasteiger partial charge in [-0.1, -0.05) is 0 Å². The van der Waals surface area contributed by atoms with Crippen molar-refractivity contribution in [1.29, 1.82) is 0 Å². The molecule has 0 spiro atoms. The van der Waals surface area contributed by atoms with Crippen LogP contribution in [-0.2, 0) is 9.53 Å². The number of nitrogens with one attached hydrogen (secondary N) is 1. The highest BCUT2D eigenvalue weighted by molar-refractivity contribution is 7.99. The summed E-state index contributed by atoms with van der Waals surface area (Å²) < 4.78 is 5.41. The highest BCUT2D eigenvalue weighted by Gasteiger charge is 2.30. The molecule has 5 nitrogen and oxygen atoms in total. The Morgan fingerprint density at radius 3 is 2.41 bits per heavy atom. The fraction of sp³-hybridized carbons (Fsp3) is 0.929. The quantitative estimate of drug-likeness (QED) is 0.803. The zero-order chi connectivity index (χ0) is 13.8. The van der Waals surface area contributed by atoms with E-state index in [-0.39, 0.29) is 30.9 Å². The van der Waals surface area contributed by atoms with Crippen LogP contribution < -0.4 is 5.32 Å². The number of rotatable bonds is 3. The van der Waals surface area contributed by atoms with Gasteiger partial charge >= 0.3 is 0 Å². The van der Waals surface area contributed by atoms with E-state index in [4.69, 9.17) is 4.74 Å². The van der Waals surface area contributed by atoms with Crippen molar-refractivity contribution < 1.29 is 9.53 Å². The van der Waals surface area contributed by atoms with Crippen LogP contribution in [0.2, 0.25) is 0 Å². The van der Waals surface area contributed by atoms with Crippen LogP contribution >= 0.6 is 36.6 Å². The Bertz CT molecular complexity index is 332. The third-order valence-corrected chi connectivity index (χ3v) is 5.50. The monoisotopic (exact) mass is 371 g/mol. The molecule has 0 aromatic heterocycles. The molecule has 3 heterocycles. The Balaban J connectivity index is 0.00000121. The normalized spacial score (nSPS) is 27.1. The molecule has 0 aliphatic carbocycles. The number of amides is 1. The highest BCUT2D eigenvalue weighted by atomic mass is 35.5. The molecule has 0 radical (unpaired) electrons. The summed E-state index contributed by atoms with van der Waals surface area (Å²) >= 11 is 1.82. The first kappa shape index (κ1) is 20.3. The van der Waals surface area contributed by atoms with Gasteiger partial charge in [-0.3, -0.25) is 15.0 Å². The lowest BCUT2D eigenvalue weighted by Crippen LogP contribution is -2.54. The van der Waals surface area contributed by atoms with Gasteiger partial charge in [0.25, 0.3) is 0 Å². The second-order valence-electron chi connectivity index (χ2n) is 5.95. The summed E-state index contributed by atoms with van der Waals surface area (Å²) in [6.45, 7) is 6.88. The molecule has 3 rings (SSSR count). The largest absolute Gasteiger partial charge is 0.381 e. The lowest BCUT2D eigenvalue weighted by Gasteiger charge is -2.38. The summed E-state index contributed by atoms with van der Waals surface area (Å²) in [5, 5.41) is 3.27. The number of carbonyl (C=O) groups excluding carboxylic acids is 1. The summed E-state index contributed by atoms with van der Waals surface area (Å²) in [7, 11) is 0. The highest BCUT2D eigenvalue weighted by Crippen LogP contribution is 2.18. The molecule has 3 aliphatic heterocycles. The van der Waals surface area contributed by atoms with Crippen LogP contribution in [0.1, 0.15) is 12.8 Å². The van der Waals surface area contributed by atoms with Crippen molar-refractivity contribution in [2.24, 2.45) is 5.92 Å². The number of piperazine rings is 1. The topological polar surface area (TPSA) is 44.8 Å². The van der Waals surface area contributed by atoms with E-state index in [0.29, 0.717) is 5.91 Å². The SMILES string of the molecule is Cl.Cl.O=C(C1CSCN1)N1CCN(CC2CCOCC2)CC1. The molecular formula is C14H27Cl2N3O2S. The second-order valence-corrected chi connectivity index (χ2v) is 6.98. The van der Waals surface area contributed by atoms with E-state index >= 15 is 0 Å². The minimum atomic E-state index is 0. The molecule has 130 valence electrons. The predicted molar refractivity (Wildman–Crippen MR) is 95.3 cm³/mol. The fourth-order valence-corrected chi connectivity index (χ4v) is 4.15. The van der Waals surface area contributed by atoms with E-state index < -0.39 is 0 Å². The van der Waals surface area contributed by atoms with Crippen LogP contribution in [0.4, 0.5) is 0 Å². The fourth-order valence-electron chi connectivity index (χ4n) is 3.22. The Morgan fingerprint density at radius 1 is 1.14 bits per heavy atom. The minimum Gasteiger partial charge on any atom is -0.381 e. The first-order valence-electron chi connectivity index (χ1n) is 7.73. The Morgan fingerprint density at radius 2 is 1.82 bits per heavy atom. The summed E-state index contributed by atoms with van der Waals surface area (Å²) in [6.07, 6.45) is 2.39. The summed E-state index contributed by atoms with van der Waals surface area (Å²) in [5.74, 6) is 2.95. The molecule has 1 amide bonds. The van der Waals surface area contributed by atoms with Crippen molar-refractivity contribution in [3.05, 3.63) is 0 Å². The van der Waals surface area contributed by atoms with Crippen molar-refractivity contribution in [3.8, 4) is 0 Å². The molecule has 0 saturated carbocycles. The molecule has 3 aliphatic rings. The third-order valence-electron chi connectivity index (χ3n) is 4.56.